The third-order valence-corrected chi connectivity index (χ3v) is 12.0. The van der Waals surface area contributed by atoms with Gasteiger partial charge in [-0.2, -0.15) is 0 Å². The summed E-state index contributed by atoms with van der Waals surface area (Å²) in [5.41, 5.74) is -0.0591. The number of rotatable bonds is 10. The Morgan fingerprint density at radius 3 is 2.58 bits per heavy atom. The molecule has 1 unspecified atom stereocenters. The Morgan fingerprint density at radius 1 is 1.02 bits per heavy atom. The number of benzene rings is 1. The number of carboxylic acids is 1. The van der Waals surface area contributed by atoms with E-state index in [1.165, 1.54) is 16.2 Å². The molecule has 2 aliphatic heterocycles. The zero-order chi connectivity index (χ0) is 41.7. The van der Waals surface area contributed by atoms with Crippen LogP contribution in [-0.4, -0.2) is 100 Å². The molecule has 4 amide bonds. The average molecular weight is 833 g/mol. The summed E-state index contributed by atoms with van der Waals surface area (Å²) in [6, 6.07) is 4.97. The number of carbonyl (C=O) groups excluding carboxylic acids is 4. The zero-order valence-electron chi connectivity index (χ0n) is 33.6. The molecule has 7 rings (SSSR count). The van der Waals surface area contributed by atoms with Crippen LogP contribution in [0.2, 0.25) is 0 Å². The molecule has 3 aromatic rings. The van der Waals surface area contributed by atoms with Crippen molar-refractivity contribution in [1.82, 2.24) is 25.5 Å². The van der Waals surface area contributed by atoms with E-state index in [1.807, 2.05) is 26.0 Å². The molecule has 59 heavy (non-hydrogen) atoms. The van der Waals surface area contributed by atoms with Crippen LogP contribution in [0.15, 0.2) is 41.8 Å². The lowest BCUT2D eigenvalue weighted by Gasteiger charge is -2.29. The van der Waals surface area contributed by atoms with Crippen LogP contribution in [-0.2, 0) is 23.9 Å². The normalized spacial score (nSPS) is 25.5. The Morgan fingerprint density at radius 2 is 1.81 bits per heavy atom. The van der Waals surface area contributed by atoms with E-state index in [9.17, 15) is 29.1 Å². The molecular formula is C42H52N6O10S. The summed E-state index contributed by atoms with van der Waals surface area (Å²) < 4.78 is 23.1. The minimum absolute atomic E-state index is 0.0191. The molecule has 0 bridgehead atoms. The number of ether oxygens (including phenoxy) is 4. The number of methoxy groups -OCH3 is 1. The maximum atomic E-state index is 14.6. The van der Waals surface area contributed by atoms with Gasteiger partial charge in [-0.3, -0.25) is 14.9 Å². The number of pyridine rings is 1. The van der Waals surface area contributed by atoms with Crippen molar-refractivity contribution in [2.24, 2.45) is 11.8 Å². The summed E-state index contributed by atoms with van der Waals surface area (Å²) in [4.78, 5) is 77.7. The number of carbonyl (C=O) groups is 5. The second-order valence-electron chi connectivity index (χ2n) is 16.2. The van der Waals surface area contributed by atoms with Crippen LogP contribution < -0.4 is 25.4 Å². The maximum Gasteiger partial charge on any atom is 0.413 e. The highest BCUT2D eigenvalue weighted by molar-refractivity contribution is 7.14. The van der Waals surface area contributed by atoms with Gasteiger partial charge >= 0.3 is 18.2 Å². The van der Waals surface area contributed by atoms with Gasteiger partial charge in [0.2, 0.25) is 11.8 Å². The van der Waals surface area contributed by atoms with Gasteiger partial charge in [0, 0.05) is 35.2 Å². The molecule has 1 aromatic carbocycles. The van der Waals surface area contributed by atoms with Crippen molar-refractivity contribution in [2.45, 2.75) is 114 Å². The van der Waals surface area contributed by atoms with Crippen LogP contribution in [0.4, 0.5) is 14.7 Å². The maximum absolute atomic E-state index is 14.6. The number of amides is 4. The van der Waals surface area contributed by atoms with E-state index in [-0.39, 0.29) is 43.9 Å². The average Bonchev–Trinajstić information content (AvgIpc) is 3.63. The number of nitrogens with one attached hydrogen (secondary N) is 3. The Labute approximate surface area is 346 Å². The Hall–Kier alpha value is -5.45. The smallest absolute Gasteiger partial charge is 0.413 e. The Balaban J connectivity index is 1.18. The van der Waals surface area contributed by atoms with Gasteiger partial charge in [-0.15, -0.1) is 11.3 Å². The minimum atomic E-state index is -1.48. The number of alkyl carbamates (subject to hydrolysis) is 1. The predicted octanol–water partition coefficient (Wildman–Crippen LogP) is 6.44. The molecule has 3 fully saturated rings. The highest BCUT2D eigenvalue weighted by atomic mass is 32.1. The number of allylic oxidation sites excluding steroid dienone is 1. The van der Waals surface area contributed by atoms with Crippen LogP contribution in [0.25, 0.3) is 22.3 Å². The van der Waals surface area contributed by atoms with Gasteiger partial charge in [0.1, 0.15) is 47.0 Å². The van der Waals surface area contributed by atoms with Crippen molar-refractivity contribution < 1.29 is 48.0 Å². The summed E-state index contributed by atoms with van der Waals surface area (Å²) in [5, 5.41) is 21.3. The van der Waals surface area contributed by atoms with Gasteiger partial charge in [0.15, 0.2) is 5.13 Å². The van der Waals surface area contributed by atoms with E-state index in [2.05, 4.69) is 20.9 Å². The fourth-order valence-electron chi connectivity index (χ4n) is 8.01. The minimum Gasteiger partial charge on any atom is -0.497 e. The molecule has 0 spiro atoms. The van der Waals surface area contributed by atoms with Gasteiger partial charge in [0.25, 0.3) is 0 Å². The van der Waals surface area contributed by atoms with Crippen molar-refractivity contribution in [1.29, 1.82) is 0 Å². The van der Waals surface area contributed by atoms with Gasteiger partial charge in [-0.1, -0.05) is 38.8 Å². The summed E-state index contributed by atoms with van der Waals surface area (Å²) in [5.74, 6) is -1.47. The first-order valence-electron chi connectivity index (χ1n) is 20.5. The first kappa shape index (κ1) is 41.7. The molecule has 316 valence electrons. The molecule has 5 atom stereocenters. The van der Waals surface area contributed by atoms with E-state index in [0.29, 0.717) is 51.8 Å². The van der Waals surface area contributed by atoms with Crippen LogP contribution >= 0.6 is 11.3 Å². The molecule has 1 saturated heterocycles. The third-order valence-electron chi connectivity index (χ3n) is 11.3. The quantitative estimate of drug-likeness (QED) is 0.163. The van der Waals surface area contributed by atoms with Crippen LogP contribution in [0, 0.1) is 11.8 Å². The number of aliphatic carboxylic acids is 1. The molecule has 4 aliphatic rings. The second-order valence-corrected chi connectivity index (χ2v) is 17.0. The van der Waals surface area contributed by atoms with Crippen molar-refractivity contribution >= 4 is 57.3 Å². The second kappa shape index (κ2) is 18.2. The standard InChI is InChI=1S/C42H52N6O10S/c1-24(2)22-56-40(53)46-39-44-33(23-59-39)32-19-35(29-16-15-27(55-3)17-31(29)43-32)57-28-18-34-36(49)47-42(38(51)52)20-25(42)11-7-5-4-6-8-14-30(37(50)48(34)21-28)45-41(54)58-26-12-9-10-13-26/h7,11,15-17,19,23-26,28,30,34H,4-6,8-10,12-14,18,20-22H2,1-3H3,(H,45,54)(H,47,49)(H,51,52)(H,44,46,53)/b11-7-/t25-,28+,30-,34?,42+/m0/s1. The largest absolute Gasteiger partial charge is 0.497 e. The first-order chi connectivity index (χ1) is 28.4. The monoisotopic (exact) mass is 832 g/mol. The molecule has 4 heterocycles. The van der Waals surface area contributed by atoms with Crippen LogP contribution in [0.3, 0.4) is 0 Å². The summed E-state index contributed by atoms with van der Waals surface area (Å²) in [6.07, 6.45) is 8.68. The number of anilines is 1. The van der Waals surface area contributed by atoms with Crippen molar-refractivity contribution in [2.75, 3.05) is 25.6 Å². The van der Waals surface area contributed by atoms with Crippen molar-refractivity contribution in [3.63, 3.8) is 0 Å². The topological polar surface area (TPSA) is 208 Å². The van der Waals surface area contributed by atoms with E-state index < -0.39 is 53.7 Å². The molecule has 2 saturated carbocycles. The molecule has 2 aliphatic carbocycles. The molecule has 17 heteroatoms. The van der Waals surface area contributed by atoms with E-state index in [4.69, 9.17) is 23.9 Å². The number of hydrogen-bond donors (Lipinski definition) is 4. The fraction of sp³-hybridized carbons (Fsp3) is 0.548. The third kappa shape index (κ3) is 9.89. The number of aromatic nitrogens is 2. The van der Waals surface area contributed by atoms with Crippen LogP contribution in [0.5, 0.6) is 11.5 Å². The lowest BCUT2D eigenvalue weighted by molar-refractivity contribution is -0.145. The predicted molar refractivity (Wildman–Crippen MR) is 218 cm³/mol. The number of nitrogens with zero attached hydrogens (tertiary/aromatic N) is 3. The van der Waals surface area contributed by atoms with Crippen LogP contribution in [0.1, 0.15) is 84.5 Å². The molecule has 2 aromatic heterocycles. The highest BCUT2D eigenvalue weighted by Crippen LogP contribution is 2.45. The summed E-state index contributed by atoms with van der Waals surface area (Å²) in [7, 11) is 1.55. The summed E-state index contributed by atoms with van der Waals surface area (Å²) >= 11 is 1.20. The molecule has 16 nitrogen and oxygen atoms in total. The number of thiazole rings is 1. The number of carboxylic acid groups (broad SMARTS) is 1. The molecular weight excluding hydrogens is 781 g/mol. The summed E-state index contributed by atoms with van der Waals surface area (Å²) in [6.45, 7) is 4.11. The van der Waals surface area contributed by atoms with Crippen molar-refractivity contribution in [3.8, 4) is 22.9 Å². The van der Waals surface area contributed by atoms with E-state index in [1.54, 1.807) is 36.8 Å². The van der Waals surface area contributed by atoms with Gasteiger partial charge in [-0.25, -0.2) is 24.4 Å². The van der Waals surface area contributed by atoms with Gasteiger partial charge < -0.3 is 39.6 Å². The molecule has 0 radical (unpaired) electrons. The zero-order valence-corrected chi connectivity index (χ0v) is 34.4. The van der Waals surface area contributed by atoms with Gasteiger partial charge in [0.05, 0.1) is 31.5 Å². The fourth-order valence-corrected chi connectivity index (χ4v) is 8.70. The number of fused-ring (bicyclic) bond motifs is 3. The van der Waals surface area contributed by atoms with E-state index >= 15 is 0 Å². The van der Waals surface area contributed by atoms with Crippen molar-refractivity contribution in [3.05, 3.63) is 41.8 Å². The highest BCUT2D eigenvalue weighted by Gasteiger charge is 2.61. The SMILES string of the molecule is COc1ccc2c(O[C@@H]3CC4C(=O)N[C@]5(C(=O)O)C[C@@H]5/C=C\CCCCC[C@H](NC(=O)OC5CCCC5)C(=O)N4C3)cc(-c3csc(NC(=O)OCC(C)C)n3)nc2c1. The Kier molecular flexibility index (Phi) is 12.9. The lowest BCUT2D eigenvalue weighted by atomic mass is 10.0. The molecule has 4 N–H and O–H groups in total. The first-order valence-corrected chi connectivity index (χ1v) is 21.3. The number of hydrogen-bond acceptors (Lipinski definition) is 12. The lowest BCUT2D eigenvalue weighted by Crippen LogP contribution is -2.56. The van der Waals surface area contributed by atoms with Gasteiger partial charge in [-0.05, 0) is 69.4 Å². The van der Waals surface area contributed by atoms with E-state index in [0.717, 1.165) is 44.9 Å². The Bertz CT molecular complexity index is 2080.